The fraction of sp³-hybridized carbons (Fsp3) is 0.133. The molecule has 1 amide bonds. The zero-order valence-electron chi connectivity index (χ0n) is 12.4. The summed E-state index contributed by atoms with van der Waals surface area (Å²) in [6.45, 7) is 3.24. The normalized spacial score (nSPS) is 9.48. The van der Waals surface area contributed by atoms with Gasteiger partial charge in [0, 0.05) is 12.3 Å². The largest absolute Gasteiger partial charge is 0.432 e. The van der Waals surface area contributed by atoms with Gasteiger partial charge in [-0.1, -0.05) is 5.92 Å². The molecule has 2 aromatic rings. The van der Waals surface area contributed by atoms with Crippen LogP contribution < -0.4 is 10.1 Å². The fourth-order valence-electron chi connectivity index (χ4n) is 1.64. The summed E-state index contributed by atoms with van der Waals surface area (Å²) in [6.07, 6.45) is 2.79. The van der Waals surface area contributed by atoms with Crippen molar-refractivity contribution in [3.63, 3.8) is 0 Å². The van der Waals surface area contributed by atoms with Crippen LogP contribution in [0.25, 0.3) is 0 Å². The first-order chi connectivity index (χ1) is 11.0. The summed E-state index contributed by atoms with van der Waals surface area (Å²) in [6, 6.07) is 4.37. The third-order valence-corrected chi connectivity index (χ3v) is 2.60. The molecule has 2 aromatic heterocycles. The summed E-state index contributed by atoms with van der Waals surface area (Å²) in [5.74, 6) is 4.72. The first kappa shape index (κ1) is 15.9. The summed E-state index contributed by atoms with van der Waals surface area (Å²) < 4.78 is 5.38. The van der Waals surface area contributed by atoms with Crippen LogP contribution in [0.1, 0.15) is 12.5 Å². The summed E-state index contributed by atoms with van der Waals surface area (Å²) in [5, 5.41) is 13.5. The number of hydrogen-bond acceptors (Lipinski definition) is 6. The van der Waals surface area contributed by atoms with Gasteiger partial charge in [-0.05, 0) is 37.5 Å². The van der Waals surface area contributed by atoms with Gasteiger partial charge >= 0.3 is 11.6 Å². The minimum Gasteiger partial charge on any atom is -0.432 e. The van der Waals surface area contributed by atoms with Gasteiger partial charge in [-0.2, -0.15) is 0 Å². The molecule has 0 aliphatic heterocycles. The van der Waals surface area contributed by atoms with E-state index in [0.29, 0.717) is 5.56 Å². The smallest absolute Gasteiger partial charge is 0.331 e. The second kappa shape index (κ2) is 7.00. The second-order valence-corrected chi connectivity index (χ2v) is 4.40. The van der Waals surface area contributed by atoms with E-state index >= 15 is 0 Å². The lowest BCUT2D eigenvalue weighted by molar-refractivity contribution is -0.386. The van der Waals surface area contributed by atoms with Crippen LogP contribution in [0.4, 0.5) is 11.5 Å². The number of anilines is 1. The molecule has 2 heterocycles. The molecule has 0 aromatic carbocycles. The van der Waals surface area contributed by atoms with Crippen molar-refractivity contribution in [1.82, 2.24) is 9.97 Å². The maximum atomic E-state index is 11.3. The van der Waals surface area contributed by atoms with Crippen LogP contribution in [-0.2, 0) is 4.79 Å². The molecule has 0 aliphatic carbocycles. The number of carbonyl (C=O) groups is 1. The molecule has 0 atom stereocenters. The fourth-order valence-corrected chi connectivity index (χ4v) is 1.64. The molecule has 8 heteroatoms. The summed E-state index contributed by atoms with van der Waals surface area (Å²) >= 11 is 0. The molecule has 0 saturated carbocycles. The number of nitrogens with one attached hydrogen (secondary N) is 1. The van der Waals surface area contributed by atoms with Crippen LogP contribution in [0.3, 0.4) is 0 Å². The zero-order valence-corrected chi connectivity index (χ0v) is 12.4. The van der Waals surface area contributed by atoms with E-state index in [1.165, 1.54) is 30.6 Å². The number of rotatable bonds is 4. The number of amides is 1. The van der Waals surface area contributed by atoms with Crippen LogP contribution in [-0.4, -0.2) is 20.8 Å². The lowest BCUT2D eigenvalue weighted by atomic mass is 10.3. The van der Waals surface area contributed by atoms with Gasteiger partial charge < -0.3 is 4.74 Å². The van der Waals surface area contributed by atoms with Crippen LogP contribution in [0, 0.1) is 28.9 Å². The molecule has 23 heavy (non-hydrogen) atoms. The predicted octanol–water partition coefficient (Wildman–Crippen LogP) is 2.45. The molecule has 8 nitrogen and oxygen atoms in total. The molecular weight excluding hydrogens is 300 g/mol. The Balaban J connectivity index is 2.16. The highest BCUT2D eigenvalue weighted by Gasteiger charge is 2.18. The Kier molecular flexibility index (Phi) is 4.84. The van der Waals surface area contributed by atoms with Crippen molar-refractivity contribution in [3.05, 3.63) is 46.3 Å². The first-order valence-corrected chi connectivity index (χ1v) is 6.48. The second-order valence-electron chi connectivity index (χ2n) is 4.40. The van der Waals surface area contributed by atoms with E-state index in [4.69, 9.17) is 4.74 Å². The van der Waals surface area contributed by atoms with Gasteiger partial charge in [-0.25, -0.2) is 9.97 Å². The van der Waals surface area contributed by atoms with Crippen molar-refractivity contribution in [2.75, 3.05) is 5.32 Å². The highest BCUT2D eigenvalue weighted by molar-refractivity contribution is 6.03. The number of hydrogen-bond donors (Lipinski definition) is 1. The Labute approximate surface area is 131 Å². The molecule has 0 radical (unpaired) electrons. The van der Waals surface area contributed by atoms with E-state index in [0.717, 1.165) is 0 Å². The average Bonchev–Trinajstić information content (AvgIpc) is 2.51. The molecule has 0 saturated heterocycles. The zero-order chi connectivity index (χ0) is 16.8. The average molecular weight is 312 g/mol. The van der Waals surface area contributed by atoms with Crippen LogP contribution in [0.2, 0.25) is 0 Å². The molecule has 0 bridgehead atoms. The minimum absolute atomic E-state index is 0.129. The molecule has 2 rings (SSSR count). The van der Waals surface area contributed by atoms with Gasteiger partial charge in [0.2, 0.25) is 0 Å². The Morgan fingerprint density at radius 3 is 2.74 bits per heavy atom. The quantitative estimate of drug-likeness (QED) is 0.528. The summed E-state index contributed by atoms with van der Waals surface area (Å²) in [4.78, 5) is 29.6. The first-order valence-electron chi connectivity index (χ1n) is 6.48. The topological polar surface area (TPSA) is 107 Å². The lowest BCUT2D eigenvalue weighted by Crippen LogP contribution is -2.09. The van der Waals surface area contributed by atoms with E-state index in [-0.39, 0.29) is 23.1 Å². The van der Waals surface area contributed by atoms with Gasteiger partial charge in [0.15, 0.2) is 0 Å². The molecular formula is C15H12N4O4. The Morgan fingerprint density at radius 2 is 2.13 bits per heavy atom. The van der Waals surface area contributed by atoms with E-state index in [1.54, 1.807) is 13.8 Å². The van der Waals surface area contributed by atoms with Crippen molar-refractivity contribution in [1.29, 1.82) is 0 Å². The number of nitro groups is 1. The number of pyridine rings is 2. The highest BCUT2D eigenvalue weighted by atomic mass is 16.6. The Hall–Kier alpha value is -3.47. The maximum Gasteiger partial charge on any atom is 0.331 e. The van der Waals surface area contributed by atoms with Gasteiger partial charge in [-0.3, -0.25) is 20.2 Å². The number of aromatic nitrogens is 2. The molecule has 0 aliphatic rings. The number of ether oxygens (including phenoxy) is 1. The molecule has 0 fully saturated rings. The van der Waals surface area contributed by atoms with Crippen LogP contribution in [0.5, 0.6) is 11.6 Å². The Morgan fingerprint density at radius 1 is 1.35 bits per heavy atom. The third kappa shape index (κ3) is 4.25. The van der Waals surface area contributed by atoms with Crippen molar-refractivity contribution in [2.24, 2.45) is 0 Å². The number of aryl methyl sites for hydroxylation is 1. The van der Waals surface area contributed by atoms with Crippen molar-refractivity contribution in [2.45, 2.75) is 13.8 Å². The van der Waals surface area contributed by atoms with Crippen molar-refractivity contribution >= 4 is 17.4 Å². The van der Waals surface area contributed by atoms with Gasteiger partial charge in [0.25, 0.3) is 5.88 Å². The van der Waals surface area contributed by atoms with E-state index in [9.17, 15) is 14.9 Å². The third-order valence-electron chi connectivity index (χ3n) is 2.60. The van der Waals surface area contributed by atoms with Crippen molar-refractivity contribution in [3.8, 4) is 23.5 Å². The van der Waals surface area contributed by atoms with Gasteiger partial charge in [0.05, 0.1) is 11.1 Å². The number of carbonyl (C=O) groups excluding carboxylic acids is 1. The van der Waals surface area contributed by atoms with E-state index in [2.05, 4.69) is 27.1 Å². The minimum atomic E-state index is -0.569. The summed E-state index contributed by atoms with van der Waals surface area (Å²) in [5.41, 5.74) is 0.415. The monoisotopic (exact) mass is 312 g/mol. The molecule has 116 valence electrons. The van der Waals surface area contributed by atoms with Gasteiger partial charge in [-0.15, -0.1) is 0 Å². The van der Waals surface area contributed by atoms with Gasteiger partial charge in [0.1, 0.15) is 11.6 Å². The maximum absolute atomic E-state index is 11.3. The molecule has 1 N–H and O–H groups in total. The number of nitrogens with zero attached hydrogens (tertiary/aromatic N) is 3. The predicted molar refractivity (Wildman–Crippen MR) is 82.0 cm³/mol. The highest BCUT2D eigenvalue weighted by Crippen LogP contribution is 2.29. The standard InChI is InChI=1S/C15H12N4O4/c1-3-4-14(20)18-13-6-5-11(9-16-13)23-15-12(19(21)22)7-10(2)8-17-15/h5-9H,1-2H3,(H,16,18,20). The summed E-state index contributed by atoms with van der Waals surface area (Å²) in [7, 11) is 0. The SMILES string of the molecule is CC#CC(=O)Nc1ccc(Oc2ncc(C)cc2[N+](=O)[O-])cn1. The van der Waals surface area contributed by atoms with Crippen LogP contribution >= 0.6 is 0 Å². The lowest BCUT2D eigenvalue weighted by Gasteiger charge is -2.06. The van der Waals surface area contributed by atoms with E-state index < -0.39 is 10.8 Å². The molecule has 0 unspecified atom stereocenters. The van der Waals surface area contributed by atoms with Crippen LogP contribution in [0.15, 0.2) is 30.6 Å². The van der Waals surface area contributed by atoms with Crippen molar-refractivity contribution < 1.29 is 14.5 Å². The Bertz CT molecular complexity index is 806. The van der Waals surface area contributed by atoms with E-state index in [1.807, 2.05) is 0 Å². The molecule has 0 spiro atoms.